The molecule has 1 atom stereocenters. The zero-order valence-corrected chi connectivity index (χ0v) is 19.0. The molecule has 2 aromatic heterocycles. The number of nitrogens with zero attached hydrogens (tertiary/aromatic N) is 5. The lowest BCUT2D eigenvalue weighted by molar-refractivity contribution is 0.0986. The van der Waals surface area contributed by atoms with Crippen molar-refractivity contribution in [3.63, 3.8) is 0 Å². The molecule has 1 N–H and O–H groups in total. The van der Waals surface area contributed by atoms with E-state index in [9.17, 15) is 5.11 Å². The summed E-state index contributed by atoms with van der Waals surface area (Å²) in [6, 6.07) is 7.91. The van der Waals surface area contributed by atoms with Crippen molar-refractivity contribution in [1.82, 2.24) is 15.0 Å². The van der Waals surface area contributed by atoms with E-state index in [1.807, 2.05) is 30.5 Å². The van der Waals surface area contributed by atoms with Crippen LogP contribution in [0.3, 0.4) is 0 Å². The standard InChI is InChI=1S/C24H29N5O4/c1-16-15-33-10-7-29(16)23-19-13-25-20(17-3-4-22(31-2)18(11-17)14-30)12-21(19)26-24(27-23)28-5-8-32-9-6-28/h3-4,11-13,16,30H,5-10,14-15H2,1-2H3. The minimum absolute atomic E-state index is 0.104. The van der Waals surface area contributed by atoms with Gasteiger partial charge in [0.2, 0.25) is 5.95 Å². The number of anilines is 2. The fourth-order valence-corrected chi connectivity index (χ4v) is 4.38. The van der Waals surface area contributed by atoms with Crippen LogP contribution < -0.4 is 14.5 Å². The number of aromatic nitrogens is 3. The van der Waals surface area contributed by atoms with Gasteiger partial charge in [0.15, 0.2) is 0 Å². The zero-order valence-electron chi connectivity index (χ0n) is 19.0. The summed E-state index contributed by atoms with van der Waals surface area (Å²) in [4.78, 5) is 19.1. The molecule has 2 aliphatic rings. The largest absolute Gasteiger partial charge is 0.496 e. The zero-order chi connectivity index (χ0) is 22.8. The van der Waals surface area contributed by atoms with Crippen LogP contribution in [0.5, 0.6) is 5.75 Å². The third kappa shape index (κ3) is 4.31. The molecule has 0 saturated carbocycles. The van der Waals surface area contributed by atoms with Gasteiger partial charge in [-0.3, -0.25) is 4.98 Å². The number of rotatable bonds is 5. The fraction of sp³-hybridized carbons (Fsp3) is 0.458. The number of aliphatic hydroxyl groups excluding tert-OH is 1. The number of fused-ring (bicyclic) bond motifs is 1. The van der Waals surface area contributed by atoms with Crippen molar-refractivity contribution in [2.75, 3.05) is 63.0 Å². The predicted molar refractivity (Wildman–Crippen MR) is 126 cm³/mol. The maximum atomic E-state index is 9.73. The fourth-order valence-electron chi connectivity index (χ4n) is 4.38. The number of ether oxygens (including phenoxy) is 3. The molecule has 9 heteroatoms. The van der Waals surface area contributed by atoms with Crippen LogP contribution in [-0.4, -0.2) is 79.3 Å². The van der Waals surface area contributed by atoms with Crippen molar-refractivity contribution in [3.05, 3.63) is 36.0 Å². The average molecular weight is 452 g/mol. The van der Waals surface area contributed by atoms with Gasteiger partial charge in [0.1, 0.15) is 11.6 Å². The summed E-state index contributed by atoms with van der Waals surface area (Å²) in [6.07, 6.45) is 1.86. The van der Waals surface area contributed by atoms with Gasteiger partial charge in [-0.05, 0) is 31.2 Å². The van der Waals surface area contributed by atoms with E-state index >= 15 is 0 Å². The molecule has 1 unspecified atom stereocenters. The highest BCUT2D eigenvalue weighted by molar-refractivity contribution is 5.92. The summed E-state index contributed by atoms with van der Waals surface area (Å²) in [5, 5.41) is 10.6. The number of morpholine rings is 2. The van der Waals surface area contributed by atoms with Crippen molar-refractivity contribution in [2.24, 2.45) is 0 Å². The number of hydrogen-bond acceptors (Lipinski definition) is 9. The second-order valence-electron chi connectivity index (χ2n) is 8.34. The Labute approximate surface area is 192 Å². The molecule has 0 bridgehead atoms. The van der Waals surface area contributed by atoms with Gasteiger partial charge in [-0.15, -0.1) is 0 Å². The lowest BCUT2D eigenvalue weighted by Gasteiger charge is -2.35. The highest BCUT2D eigenvalue weighted by atomic mass is 16.5. The Morgan fingerprint density at radius 1 is 1.09 bits per heavy atom. The van der Waals surface area contributed by atoms with Crippen LogP contribution in [-0.2, 0) is 16.1 Å². The Morgan fingerprint density at radius 2 is 1.91 bits per heavy atom. The second-order valence-corrected chi connectivity index (χ2v) is 8.34. The molecule has 33 heavy (non-hydrogen) atoms. The first kappa shape index (κ1) is 21.8. The molecule has 0 amide bonds. The van der Waals surface area contributed by atoms with E-state index in [4.69, 9.17) is 29.2 Å². The van der Waals surface area contributed by atoms with E-state index in [1.165, 1.54) is 0 Å². The first-order valence-corrected chi connectivity index (χ1v) is 11.3. The summed E-state index contributed by atoms with van der Waals surface area (Å²) < 4.78 is 16.5. The number of pyridine rings is 1. The van der Waals surface area contributed by atoms with Crippen molar-refractivity contribution >= 4 is 22.7 Å². The lowest BCUT2D eigenvalue weighted by Crippen LogP contribution is -2.44. The maximum absolute atomic E-state index is 9.73. The molecule has 3 aromatic rings. The molecule has 0 aliphatic carbocycles. The number of aliphatic hydroxyl groups is 1. The van der Waals surface area contributed by atoms with Crippen LogP contribution in [0.4, 0.5) is 11.8 Å². The van der Waals surface area contributed by atoms with E-state index in [0.717, 1.165) is 53.2 Å². The molecule has 5 rings (SSSR count). The third-order valence-corrected chi connectivity index (χ3v) is 6.23. The van der Waals surface area contributed by atoms with Crippen LogP contribution in [0, 0.1) is 0 Å². The molecule has 2 fully saturated rings. The first-order chi connectivity index (χ1) is 16.2. The van der Waals surface area contributed by atoms with Crippen molar-refractivity contribution in [1.29, 1.82) is 0 Å². The van der Waals surface area contributed by atoms with E-state index < -0.39 is 0 Å². The van der Waals surface area contributed by atoms with Crippen molar-refractivity contribution in [3.8, 4) is 17.0 Å². The minimum atomic E-state index is -0.104. The van der Waals surface area contributed by atoms with Gasteiger partial charge in [-0.2, -0.15) is 4.98 Å². The van der Waals surface area contributed by atoms with Crippen molar-refractivity contribution < 1.29 is 19.3 Å². The monoisotopic (exact) mass is 451 g/mol. The molecule has 174 valence electrons. The molecule has 2 aliphatic heterocycles. The Hall–Kier alpha value is -3.01. The Morgan fingerprint density at radius 3 is 2.67 bits per heavy atom. The predicted octanol–water partition coefficient (Wildman–Crippen LogP) is 2.25. The summed E-state index contributed by atoms with van der Waals surface area (Å²) >= 11 is 0. The highest BCUT2D eigenvalue weighted by Gasteiger charge is 2.25. The number of hydrogen-bond donors (Lipinski definition) is 1. The molecule has 2 saturated heterocycles. The maximum Gasteiger partial charge on any atom is 0.228 e. The molecule has 4 heterocycles. The SMILES string of the molecule is COc1ccc(-c2cc3nc(N4CCOCC4)nc(N4CCOCC4C)c3cn2)cc1CO. The van der Waals surface area contributed by atoms with Crippen LogP contribution in [0.2, 0.25) is 0 Å². The van der Waals surface area contributed by atoms with Gasteiger partial charge in [-0.1, -0.05) is 0 Å². The van der Waals surface area contributed by atoms with Crippen LogP contribution in [0.1, 0.15) is 12.5 Å². The lowest BCUT2D eigenvalue weighted by atomic mass is 10.1. The van der Waals surface area contributed by atoms with Crippen molar-refractivity contribution in [2.45, 2.75) is 19.6 Å². The van der Waals surface area contributed by atoms with Gasteiger partial charge in [0.05, 0.1) is 62.8 Å². The Kier molecular flexibility index (Phi) is 6.26. The van der Waals surface area contributed by atoms with Gasteiger partial charge < -0.3 is 29.1 Å². The third-order valence-electron chi connectivity index (χ3n) is 6.23. The van der Waals surface area contributed by atoms with Crippen LogP contribution in [0.15, 0.2) is 30.5 Å². The Bertz CT molecular complexity index is 1140. The second kappa shape index (κ2) is 9.46. The molecular formula is C24H29N5O4. The molecule has 1 aromatic carbocycles. The molecule has 9 nitrogen and oxygen atoms in total. The van der Waals surface area contributed by atoms with Crippen LogP contribution >= 0.6 is 0 Å². The summed E-state index contributed by atoms with van der Waals surface area (Å²) in [5.74, 6) is 2.26. The normalized spacial score (nSPS) is 19.2. The van der Waals surface area contributed by atoms with Crippen LogP contribution in [0.25, 0.3) is 22.2 Å². The average Bonchev–Trinajstić information content (AvgIpc) is 2.88. The van der Waals surface area contributed by atoms with Gasteiger partial charge in [-0.25, -0.2) is 4.98 Å². The van der Waals surface area contributed by atoms with E-state index in [2.05, 4.69) is 16.7 Å². The summed E-state index contributed by atoms with van der Waals surface area (Å²) in [5.41, 5.74) is 3.24. The van der Waals surface area contributed by atoms with E-state index in [-0.39, 0.29) is 12.6 Å². The number of methoxy groups -OCH3 is 1. The number of benzene rings is 1. The molecule has 0 spiro atoms. The topological polar surface area (TPSA) is 93.1 Å². The quantitative estimate of drug-likeness (QED) is 0.627. The summed E-state index contributed by atoms with van der Waals surface area (Å²) in [6.45, 7) is 7.02. The van der Waals surface area contributed by atoms with Gasteiger partial charge in [0, 0.05) is 37.0 Å². The van der Waals surface area contributed by atoms with Gasteiger partial charge >= 0.3 is 0 Å². The van der Waals surface area contributed by atoms with E-state index in [0.29, 0.717) is 38.1 Å². The van der Waals surface area contributed by atoms with Gasteiger partial charge in [0.25, 0.3) is 0 Å². The molecular weight excluding hydrogens is 422 g/mol. The smallest absolute Gasteiger partial charge is 0.228 e. The summed E-state index contributed by atoms with van der Waals surface area (Å²) in [7, 11) is 1.60. The Balaban J connectivity index is 1.62. The molecule has 0 radical (unpaired) electrons. The highest BCUT2D eigenvalue weighted by Crippen LogP contribution is 2.32. The minimum Gasteiger partial charge on any atom is -0.496 e. The van der Waals surface area contributed by atoms with E-state index in [1.54, 1.807) is 7.11 Å². The first-order valence-electron chi connectivity index (χ1n) is 11.3.